The minimum absolute atomic E-state index is 0.0707. The number of amides is 3. The van der Waals surface area contributed by atoms with Crippen LogP contribution in [0.2, 0.25) is 0 Å². The van der Waals surface area contributed by atoms with E-state index in [1.165, 1.54) is 18.2 Å². The molecule has 1 aromatic heterocycles. The number of carbonyl (C=O) groups excluding carboxylic acids is 3. The molecule has 0 saturated carbocycles. The van der Waals surface area contributed by atoms with E-state index in [0.717, 1.165) is 30.5 Å². The van der Waals surface area contributed by atoms with Crippen molar-refractivity contribution in [3.8, 4) is 0 Å². The highest BCUT2D eigenvalue weighted by Gasteiger charge is 2.25. The van der Waals surface area contributed by atoms with Crippen molar-refractivity contribution in [3.63, 3.8) is 0 Å². The topological polar surface area (TPSA) is 97.4 Å². The monoisotopic (exact) mass is 407 g/mol. The first-order valence-electron chi connectivity index (χ1n) is 9.46. The van der Waals surface area contributed by atoms with E-state index in [0.29, 0.717) is 16.5 Å². The second-order valence-corrected chi connectivity index (χ2v) is 6.84. The molecule has 0 aliphatic heterocycles. The smallest absolute Gasteiger partial charge is 0.339 e. The third-order valence-electron chi connectivity index (χ3n) is 4.83. The molecule has 3 aromatic rings. The van der Waals surface area contributed by atoms with Crippen molar-refractivity contribution in [1.29, 1.82) is 0 Å². The summed E-state index contributed by atoms with van der Waals surface area (Å²) >= 11 is 0. The van der Waals surface area contributed by atoms with Crippen LogP contribution in [-0.4, -0.2) is 29.5 Å². The first-order chi connectivity index (χ1) is 14.5. The number of pyridine rings is 1. The Hall–Kier alpha value is -3.81. The van der Waals surface area contributed by atoms with E-state index in [1.807, 2.05) is 23.5 Å². The van der Waals surface area contributed by atoms with Gasteiger partial charge in [0.2, 0.25) is 0 Å². The number of hydrogen-bond acceptors (Lipinski definition) is 5. The molecule has 0 atom stereocenters. The maximum atomic E-state index is 13.6. The maximum Gasteiger partial charge on any atom is 0.339 e. The van der Waals surface area contributed by atoms with E-state index >= 15 is 0 Å². The van der Waals surface area contributed by atoms with Gasteiger partial charge in [0.05, 0.1) is 16.8 Å². The van der Waals surface area contributed by atoms with Crippen LogP contribution in [-0.2, 0) is 22.4 Å². The van der Waals surface area contributed by atoms with Gasteiger partial charge in [-0.2, -0.15) is 0 Å². The Bertz CT molecular complexity index is 1160. The Morgan fingerprint density at radius 3 is 2.63 bits per heavy atom. The minimum Gasteiger partial charge on any atom is -0.452 e. The number of fused-ring (bicyclic) bond motifs is 2. The predicted octanol–water partition coefficient (Wildman–Crippen LogP) is 3.37. The number of carbonyl (C=O) groups is 3. The zero-order valence-corrected chi connectivity index (χ0v) is 15.9. The van der Waals surface area contributed by atoms with Gasteiger partial charge in [-0.3, -0.25) is 15.1 Å². The van der Waals surface area contributed by atoms with Gasteiger partial charge in [-0.1, -0.05) is 30.3 Å². The SMILES string of the molecule is O=C(COC(=O)c1c2c(nc3ccccc13)CCC2)NC(=O)Nc1ccccc1F. The van der Waals surface area contributed by atoms with Gasteiger partial charge in [-0.15, -0.1) is 0 Å². The molecule has 30 heavy (non-hydrogen) atoms. The third kappa shape index (κ3) is 3.98. The molecule has 0 bridgehead atoms. The number of rotatable bonds is 4. The zero-order valence-electron chi connectivity index (χ0n) is 15.9. The molecule has 8 heteroatoms. The van der Waals surface area contributed by atoms with Gasteiger partial charge in [0.1, 0.15) is 5.82 Å². The minimum atomic E-state index is -0.920. The van der Waals surface area contributed by atoms with Crippen LogP contribution in [0.25, 0.3) is 10.9 Å². The molecule has 4 rings (SSSR count). The molecule has 1 aliphatic carbocycles. The molecule has 1 aliphatic rings. The fraction of sp³-hybridized carbons (Fsp3) is 0.182. The first-order valence-corrected chi connectivity index (χ1v) is 9.46. The van der Waals surface area contributed by atoms with Gasteiger partial charge >= 0.3 is 12.0 Å². The lowest BCUT2D eigenvalue weighted by molar-refractivity contribution is -0.123. The highest BCUT2D eigenvalue weighted by Crippen LogP contribution is 2.30. The van der Waals surface area contributed by atoms with Crippen LogP contribution in [0.4, 0.5) is 14.9 Å². The average molecular weight is 407 g/mol. The normalized spacial score (nSPS) is 12.3. The average Bonchev–Trinajstić information content (AvgIpc) is 3.19. The van der Waals surface area contributed by atoms with Crippen LogP contribution >= 0.6 is 0 Å². The molecule has 2 aromatic carbocycles. The van der Waals surface area contributed by atoms with E-state index in [9.17, 15) is 18.8 Å². The lowest BCUT2D eigenvalue weighted by Gasteiger charge is -2.12. The van der Waals surface area contributed by atoms with Gasteiger partial charge in [0.15, 0.2) is 6.61 Å². The Morgan fingerprint density at radius 1 is 1.03 bits per heavy atom. The third-order valence-corrected chi connectivity index (χ3v) is 4.83. The highest BCUT2D eigenvalue weighted by molar-refractivity contribution is 6.06. The lowest BCUT2D eigenvalue weighted by atomic mass is 10.0. The van der Waals surface area contributed by atoms with Crippen LogP contribution in [0.3, 0.4) is 0 Å². The number of para-hydroxylation sites is 2. The van der Waals surface area contributed by atoms with Crippen LogP contribution in [0.1, 0.15) is 28.0 Å². The molecule has 0 saturated heterocycles. The summed E-state index contributed by atoms with van der Waals surface area (Å²) in [6, 6.07) is 11.9. The van der Waals surface area contributed by atoms with Crippen molar-refractivity contribution < 1.29 is 23.5 Å². The number of aromatic nitrogens is 1. The molecule has 2 N–H and O–H groups in total. The molecule has 3 amide bonds. The number of imide groups is 1. The number of nitrogens with one attached hydrogen (secondary N) is 2. The number of halogens is 1. The summed E-state index contributed by atoms with van der Waals surface area (Å²) in [4.78, 5) is 41.2. The van der Waals surface area contributed by atoms with Crippen molar-refractivity contribution in [1.82, 2.24) is 10.3 Å². The second kappa shape index (κ2) is 8.28. The molecule has 1 heterocycles. The summed E-state index contributed by atoms with van der Waals surface area (Å²) in [5, 5.41) is 4.90. The molecular weight excluding hydrogens is 389 g/mol. The molecule has 0 radical (unpaired) electrons. The van der Waals surface area contributed by atoms with Crippen LogP contribution < -0.4 is 10.6 Å². The van der Waals surface area contributed by atoms with Gasteiger partial charge in [0, 0.05) is 11.1 Å². The molecule has 152 valence electrons. The number of aryl methyl sites for hydroxylation is 1. The molecule has 0 spiro atoms. The number of anilines is 1. The van der Waals surface area contributed by atoms with E-state index < -0.39 is 30.3 Å². The Morgan fingerprint density at radius 2 is 1.80 bits per heavy atom. The summed E-state index contributed by atoms with van der Waals surface area (Å²) in [6.07, 6.45) is 2.40. The highest BCUT2D eigenvalue weighted by atomic mass is 19.1. The molecular formula is C22H18FN3O4. The molecule has 7 nitrogen and oxygen atoms in total. The quantitative estimate of drug-likeness (QED) is 0.647. The fourth-order valence-corrected chi connectivity index (χ4v) is 3.53. The van der Waals surface area contributed by atoms with Gasteiger partial charge in [-0.25, -0.2) is 14.0 Å². The maximum absolute atomic E-state index is 13.6. The van der Waals surface area contributed by atoms with E-state index in [4.69, 9.17) is 4.74 Å². The number of esters is 1. The van der Waals surface area contributed by atoms with Crippen LogP contribution in [0, 0.1) is 5.82 Å². The largest absolute Gasteiger partial charge is 0.452 e. The molecule has 0 unspecified atom stereocenters. The predicted molar refractivity (Wildman–Crippen MR) is 108 cm³/mol. The number of hydrogen-bond donors (Lipinski definition) is 2. The van der Waals surface area contributed by atoms with E-state index in [-0.39, 0.29) is 5.69 Å². The van der Waals surface area contributed by atoms with Crippen LogP contribution in [0.5, 0.6) is 0 Å². The van der Waals surface area contributed by atoms with Crippen molar-refractivity contribution in [3.05, 3.63) is 71.2 Å². The Balaban J connectivity index is 1.42. The zero-order chi connectivity index (χ0) is 21.1. The summed E-state index contributed by atoms with van der Waals surface area (Å²) in [5.74, 6) is -2.10. The second-order valence-electron chi connectivity index (χ2n) is 6.84. The summed E-state index contributed by atoms with van der Waals surface area (Å²) in [5.41, 5.74) is 2.75. The van der Waals surface area contributed by atoms with Gasteiger partial charge in [-0.05, 0) is 43.0 Å². The Kier molecular flexibility index (Phi) is 5.38. The van der Waals surface area contributed by atoms with E-state index in [2.05, 4.69) is 10.3 Å². The van der Waals surface area contributed by atoms with Crippen molar-refractivity contribution in [2.24, 2.45) is 0 Å². The number of ether oxygens (including phenoxy) is 1. The first kappa shape index (κ1) is 19.5. The van der Waals surface area contributed by atoms with E-state index in [1.54, 1.807) is 12.1 Å². The van der Waals surface area contributed by atoms with Crippen molar-refractivity contribution >= 4 is 34.5 Å². The fourth-order valence-electron chi connectivity index (χ4n) is 3.53. The number of benzene rings is 2. The standard InChI is InChI=1S/C22H18FN3O4/c23-15-8-2-4-10-18(15)25-22(29)26-19(27)12-30-21(28)20-13-6-1-3-9-16(13)24-17-11-5-7-14(17)20/h1-4,6,8-10H,5,7,11-12H2,(H2,25,26,27,29). The molecule has 0 fully saturated rings. The summed E-state index contributed by atoms with van der Waals surface area (Å²) in [6.45, 7) is -0.644. The lowest BCUT2D eigenvalue weighted by Crippen LogP contribution is -2.37. The Labute approximate surface area is 171 Å². The summed E-state index contributed by atoms with van der Waals surface area (Å²) in [7, 11) is 0. The van der Waals surface area contributed by atoms with Crippen molar-refractivity contribution in [2.45, 2.75) is 19.3 Å². The van der Waals surface area contributed by atoms with Crippen molar-refractivity contribution in [2.75, 3.05) is 11.9 Å². The van der Waals surface area contributed by atoms with Gasteiger partial charge in [0.25, 0.3) is 5.91 Å². The van der Waals surface area contributed by atoms with Gasteiger partial charge < -0.3 is 10.1 Å². The van der Waals surface area contributed by atoms with Crippen LogP contribution in [0.15, 0.2) is 48.5 Å². The number of nitrogens with zero attached hydrogens (tertiary/aromatic N) is 1. The summed E-state index contributed by atoms with van der Waals surface area (Å²) < 4.78 is 18.7. The number of urea groups is 1.